The van der Waals surface area contributed by atoms with Gasteiger partial charge in [0.25, 0.3) is 0 Å². The van der Waals surface area contributed by atoms with Gasteiger partial charge >= 0.3 is 11.7 Å². The average molecular weight is 505 g/mol. The Kier molecular flexibility index (Phi) is 6.36. The number of benzene rings is 2. The number of H-pyrrole nitrogens is 2. The summed E-state index contributed by atoms with van der Waals surface area (Å²) < 4.78 is 12.8. The first-order valence-electron chi connectivity index (χ1n) is 12.5. The highest BCUT2D eigenvalue weighted by molar-refractivity contribution is 5.91. The molecule has 2 aromatic carbocycles. The van der Waals surface area contributed by atoms with Gasteiger partial charge in [-0.3, -0.25) is 9.89 Å². The summed E-state index contributed by atoms with van der Waals surface area (Å²) in [4.78, 5) is 28.1. The number of carbonyl (C=O) groups excluding carboxylic acids is 1. The van der Waals surface area contributed by atoms with Gasteiger partial charge in [0.2, 0.25) is 0 Å². The number of hydrogen-bond donors (Lipinski definition) is 2. The number of nitrogens with one attached hydrogen (secondary N) is 2. The Morgan fingerprint density at radius 1 is 1.03 bits per heavy atom. The molecule has 3 heterocycles. The fourth-order valence-corrected chi connectivity index (χ4v) is 4.36. The summed E-state index contributed by atoms with van der Waals surface area (Å²) in [5.74, 6) is 0.431. The Morgan fingerprint density at radius 2 is 1.70 bits per heavy atom. The number of aromatic nitrogens is 5. The van der Waals surface area contributed by atoms with Crippen molar-refractivity contribution >= 4 is 22.6 Å². The first kappa shape index (κ1) is 24.8. The molecule has 0 radical (unpaired) electrons. The quantitative estimate of drug-likeness (QED) is 0.311. The number of hydrogen-bond acceptors (Lipinski definition) is 7. The second-order valence-corrected chi connectivity index (χ2v) is 10.6. The van der Waals surface area contributed by atoms with E-state index in [4.69, 9.17) is 9.47 Å². The van der Waals surface area contributed by atoms with E-state index in [1.807, 2.05) is 30.3 Å². The van der Waals surface area contributed by atoms with E-state index < -0.39 is 17.1 Å². The zero-order valence-electron chi connectivity index (χ0n) is 21.8. The Labute approximate surface area is 214 Å². The Bertz CT molecular complexity index is 1480. The van der Waals surface area contributed by atoms with Crippen LogP contribution in [0.15, 0.2) is 41.2 Å². The SMILES string of the molecule is CC(C)c1[nH]nc2cc(OC(=O)C(C)(C)C)c(-c3n[nH]c(=O)n3-c3ccc(N4CCOCC4)cc3)cc12. The molecule has 2 N–H and O–H groups in total. The van der Waals surface area contributed by atoms with Crippen molar-refractivity contribution in [3.8, 4) is 22.8 Å². The number of fused-ring (bicyclic) bond motifs is 1. The van der Waals surface area contributed by atoms with Crippen LogP contribution in [0.3, 0.4) is 0 Å². The van der Waals surface area contributed by atoms with Crippen LogP contribution in [0.5, 0.6) is 5.75 Å². The molecule has 5 rings (SSSR count). The van der Waals surface area contributed by atoms with Gasteiger partial charge in [-0.05, 0) is 57.0 Å². The number of anilines is 1. The number of aromatic amines is 2. The lowest BCUT2D eigenvalue weighted by Crippen LogP contribution is -2.36. The molecule has 10 nitrogen and oxygen atoms in total. The standard InChI is InChI=1S/C27H32N6O4/c1-16(2)23-19-14-20(22(15-21(19)28-29-23)37-25(34)27(3,4)5)24-30-31-26(35)33(24)18-8-6-17(7-9-18)32-10-12-36-13-11-32/h6-9,14-16H,10-13H2,1-5H3,(H,28,29)(H,31,35). The predicted octanol–water partition coefficient (Wildman–Crippen LogP) is 4.02. The summed E-state index contributed by atoms with van der Waals surface area (Å²) in [6.07, 6.45) is 0. The van der Waals surface area contributed by atoms with Gasteiger partial charge in [0.05, 0.1) is 35.4 Å². The van der Waals surface area contributed by atoms with Crippen molar-refractivity contribution in [3.05, 3.63) is 52.6 Å². The van der Waals surface area contributed by atoms with Crippen LogP contribution in [0.25, 0.3) is 28.0 Å². The lowest BCUT2D eigenvalue weighted by atomic mass is 9.97. The van der Waals surface area contributed by atoms with Crippen LogP contribution < -0.4 is 15.3 Å². The molecule has 0 unspecified atom stereocenters. The summed E-state index contributed by atoms with van der Waals surface area (Å²) in [6, 6.07) is 11.4. The molecule has 0 aliphatic carbocycles. The zero-order valence-corrected chi connectivity index (χ0v) is 21.8. The van der Waals surface area contributed by atoms with E-state index in [2.05, 4.69) is 39.1 Å². The summed E-state index contributed by atoms with van der Waals surface area (Å²) in [7, 11) is 0. The van der Waals surface area contributed by atoms with Gasteiger partial charge in [0.15, 0.2) is 5.82 Å². The topological polar surface area (TPSA) is 118 Å². The molecule has 0 bridgehead atoms. The summed E-state index contributed by atoms with van der Waals surface area (Å²) in [5, 5.41) is 15.3. The van der Waals surface area contributed by atoms with Crippen LogP contribution in [0, 0.1) is 5.41 Å². The highest BCUT2D eigenvalue weighted by Gasteiger charge is 2.27. The molecule has 1 fully saturated rings. The largest absolute Gasteiger partial charge is 0.425 e. The third kappa shape index (κ3) is 4.76. The highest BCUT2D eigenvalue weighted by Crippen LogP contribution is 2.37. The minimum atomic E-state index is -0.721. The van der Waals surface area contributed by atoms with Gasteiger partial charge in [-0.2, -0.15) is 10.2 Å². The van der Waals surface area contributed by atoms with Crippen molar-refractivity contribution in [3.63, 3.8) is 0 Å². The lowest BCUT2D eigenvalue weighted by Gasteiger charge is -2.28. The van der Waals surface area contributed by atoms with E-state index in [0.717, 1.165) is 29.9 Å². The first-order valence-corrected chi connectivity index (χ1v) is 12.5. The lowest BCUT2D eigenvalue weighted by molar-refractivity contribution is -0.142. The van der Waals surface area contributed by atoms with E-state index >= 15 is 0 Å². The van der Waals surface area contributed by atoms with Crippen LogP contribution >= 0.6 is 0 Å². The van der Waals surface area contributed by atoms with Crippen LogP contribution in [0.4, 0.5) is 5.69 Å². The molecule has 1 aliphatic rings. The molecule has 2 aromatic heterocycles. The summed E-state index contributed by atoms with van der Waals surface area (Å²) in [6.45, 7) is 12.5. The number of nitrogens with zero attached hydrogens (tertiary/aromatic N) is 4. The van der Waals surface area contributed by atoms with E-state index in [0.29, 0.717) is 41.6 Å². The molecule has 1 aliphatic heterocycles. The van der Waals surface area contributed by atoms with Crippen molar-refractivity contribution in [1.82, 2.24) is 25.0 Å². The molecule has 4 aromatic rings. The third-order valence-electron chi connectivity index (χ3n) is 6.47. The molecule has 0 amide bonds. The first-order chi connectivity index (χ1) is 17.6. The maximum Gasteiger partial charge on any atom is 0.348 e. The average Bonchev–Trinajstić information content (AvgIpc) is 3.46. The molecular weight excluding hydrogens is 472 g/mol. The van der Waals surface area contributed by atoms with Crippen molar-refractivity contribution in [2.45, 2.75) is 40.5 Å². The van der Waals surface area contributed by atoms with Crippen LogP contribution in [0.1, 0.15) is 46.2 Å². The Balaban J connectivity index is 1.63. The molecule has 0 atom stereocenters. The van der Waals surface area contributed by atoms with E-state index in [9.17, 15) is 9.59 Å². The molecular formula is C27H32N6O4. The predicted molar refractivity (Wildman–Crippen MR) is 141 cm³/mol. The van der Waals surface area contributed by atoms with E-state index in [-0.39, 0.29) is 5.92 Å². The van der Waals surface area contributed by atoms with Crippen LogP contribution in [0.2, 0.25) is 0 Å². The molecule has 10 heteroatoms. The maximum atomic E-state index is 13.0. The van der Waals surface area contributed by atoms with Gasteiger partial charge in [-0.25, -0.2) is 14.5 Å². The number of rotatable bonds is 5. The van der Waals surface area contributed by atoms with Gasteiger partial charge < -0.3 is 14.4 Å². The summed E-state index contributed by atoms with van der Waals surface area (Å²) in [5.41, 5.74) is 2.73. The van der Waals surface area contributed by atoms with E-state index in [1.165, 1.54) is 4.57 Å². The Morgan fingerprint density at radius 3 is 2.35 bits per heavy atom. The summed E-state index contributed by atoms with van der Waals surface area (Å²) >= 11 is 0. The van der Waals surface area contributed by atoms with Crippen molar-refractivity contribution < 1.29 is 14.3 Å². The molecule has 0 spiro atoms. The van der Waals surface area contributed by atoms with Crippen molar-refractivity contribution in [2.24, 2.45) is 5.41 Å². The number of esters is 1. The smallest absolute Gasteiger partial charge is 0.348 e. The van der Waals surface area contributed by atoms with Crippen molar-refractivity contribution in [2.75, 3.05) is 31.2 Å². The Hall–Kier alpha value is -3.92. The number of morpholine rings is 1. The van der Waals surface area contributed by atoms with Crippen LogP contribution in [-0.2, 0) is 9.53 Å². The fourth-order valence-electron chi connectivity index (χ4n) is 4.36. The fraction of sp³-hybridized carbons (Fsp3) is 0.407. The molecule has 0 saturated carbocycles. The molecule has 1 saturated heterocycles. The van der Waals surface area contributed by atoms with Gasteiger partial charge in [0, 0.05) is 35.9 Å². The van der Waals surface area contributed by atoms with Gasteiger partial charge in [-0.1, -0.05) is 13.8 Å². The minimum Gasteiger partial charge on any atom is -0.425 e. The van der Waals surface area contributed by atoms with Gasteiger partial charge in [-0.15, -0.1) is 0 Å². The second kappa shape index (κ2) is 9.51. The normalized spacial score (nSPS) is 14.5. The van der Waals surface area contributed by atoms with Crippen LogP contribution in [-0.4, -0.2) is 57.2 Å². The van der Waals surface area contributed by atoms with Crippen molar-refractivity contribution in [1.29, 1.82) is 0 Å². The number of carbonyl (C=O) groups is 1. The highest BCUT2D eigenvalue weighted by atomic mass is 16.5. The third-order valence-corrected chi connectivity index (χ3v) is 6.47. The number of ether oxygens (including phenoxy) is 2. The molecule has 194 valence electrons. The monoisotopic (exact) mass is 504 g/mol. The maximum absolute atomic E-state index is 13.0. The second-order valence-electron chi connectivity index (χ2n) is 10.6. The van der Waals surface area contributed by atoms with E-state index in [1.54, 1.807) is 26.8 Å². The van der Waals surface area contributed by atoms with Gasteiger partial charge in [0.1, 0.15) is 5.75 Å². The molecule has 37 heavy (non-hydrogen) atoms. The zero-order chi connectivity index (χ0) is 26.3. The minimum absolute atomic E-state index is 0.190.